The summed E-state index contributed by atoms with van der Waals surface area (Å²) < 4.78 is 0. The van der Waals surface area contributed by atoms with E-state index in [4.69, 9.17) is 0 Å². The first-order valence-electron chi connectivity index (χ1n) is 8.03. The molecule has 2 aliphatic rings. The average molecular weight is 266 g/mol. The molecule has 1 N–H and O–H groups in total. The van der Waals surface area contributed by atoms with E-state index >= 15 is 0 Å². The third-order valence-electron chi connectivity index (χ3n) is 5.09. The van der Waals surface area contributed by atoms with E-state index in [9.17, 15) is 4.79 Å². The summed E-state index contributed by atoms with van der Waals surface area (Å²) in [5.74, 6) is 1.06. The quantitative estimate of drug-likeness (QED) is 0.852. The van der Waals surface area contributed by atoms with Gasteiger partial charge >= 0.3 is 0 Å². The monoisotopic (exact) mass is 266 g/mol. The van der Waals surface area contributed by atoms with Crippen LogP contribution in [0.25, 0.3) is 0 Å². The third-order valence-corrected chi connectivity index (χ3v) is 5.09. The molecule has 1 heterocycles. The van der Waals surface area contributed by atoms with Crippen LogP contribution in [0.2, 0.25) is 0 Å². The molecule has 1 aliphatic heterocycles. The number of carbonyl (C=O) groups excluding carboxylic acids is 1. The smallest absolute Gasteiger partial charge is 0.240 e. The van der Waals surface area contributed by atoms with Crippen molar-refractivity contribution < 1.29 is 4.79 Å². The van der Waals surface area contributed by atoms with Crippen molar-refractivity contribution in [2.75, 3.05) is 13.6 Å². The van der Waals surface area contributed by atoms with Crippen LogP contribution < -0.4 is 5.32 Å². The van der Waals surface area contributed by atoms with Gasteiger partial charge < -0.3 is 10.2 Å². The molecule has 1 saturated heterocycles. The Morgan fingerprint density at radius 2 is 1.84 bits per heavy atom. The number of carbonyl (C=O) groups is 1. The topological polar surface area (TPSA) is 32.3 Å². The largest absolute Gasteiger partial charge is 0.336 e. The molecule has 1 aliphatic carbocycles. The summed E-state index contributed by atoms with van der Waals surface area (Å²) in [5.41, 5.74) is 0.0279. The highest BCUT2D eigenvalue weighted by atomic mass is 16.2. The summed E-state index contributed by atoms with van der Waals surface area (Å²) in [6.45, 7) is 5.46. The zero-order valence-corrected chi connectivity index (χ0v) is 12.9. The Bertz CT molecular complexity index is 308. The zero-order chi connectivity index (χ0) is 13.9. The zero-order valence-electron chi connectivity index (χ0n) is 12.9. The van der Waals surface area contributed by atoms with Crippen LogP contribution in [0.5, 0.6) is 0 Å². The molecular weight excluding hydrogens is 236 g/mol. The van der Waals surface area contributed by atoms with Crippen molar-refractivity contribution in [3.8, 4) is 0 Å². The van der Waals surface area contributed by atoms with E-state index in [1.54, 1.807) is 0 Å². The number of nitrogens with zero attached hydrogens (tertiary/aromatic N) is 1. The standard InChI is InChI=1S/C16H30N2O/c1-16(2)11-7-10-14(17-3)15(19)18(16)12-13-8-5-4-6-9-13/h13-14,17H,4-12H2,1-3H3. The van der Waals surface area contributed by atoms with Gasteiger partial charge in [-0.25, -0.2) is 0 Å². The molecule has 0 aromatic heterocycles. The number of nitrogens with one attached hydrogen (secondary N) is 1. The minimum absolute atomic E-state index is 0.0279. The summed E-state index contributed by atoms with van der Waals surface area (Å²) in [7, 11) is 1.92. The van der Waals surface area contributed by atoms with Gasteiger partial charge in [0, 0.05) is 12.1 Å². The van der Waals surface area contributed by atoms with Gasteiger partial charge in [0.15, 0.2) is 0 Å². The van der Waals surface area contributed by atoms with Gasteiger partial charge in [0.1, 0.15) is 0 Å². The Kier molecular flexibility index (Phi) is 4.88. The van der Waals surface area contributed by atoms with Crippen molar-refractivity contribution in [3.63, 3.8) is 0 Å². The van der Waals surface area contributed by atoms with Gasteiger partial charge in [0.25, 0.3) is 0 Å². The second-order valence-corrected chi connectivity index (χ2v) is 7.00. The Morgan fingerprint density at radius 3 is 2.47 bits per heavy atom. The molecular formula is C16H30N2O. The van der Waals surface area contributed by atoms with Gasteiger partial charge in [-0.1, -0.05) is 19.3 Å². The number of hydrogen-bond acceptors (Lipinski definition) is 2. The molecule has 110 valence electrons. The highest BCUT2D eigenvalue weighted by Crippen LogP contribution is 2.31. The predicted molar refractivity (Wildman–Crippen MR) is 79.1 cm³/mol. The lowest BCUT2D eigenvalue weighted by Crippen LogP contribution is -2.53. The van der Waals surface area contributed by atoms with Crippen LogP contribution in [-0.4, -0.2) is 36.0 Å². The normalized spacial score (nSPS) is 29.3. The molecule has 1 amide bonds. The minimum atomic E-state index is 0.0279. The first-order chi connectivity index (χ1) is 9.04. The van der Waals surface area contributed by atoms with E-state index in [1.807, 2.05) is 7.05 Å². The molecule has 3 nitrogen and oxygen atoms in total. The fourth-order valence-electron chi connectivity index (χ4n) is 3.72. The van der Waals surface area contributed by atoms with E-state index in [1.165, 1.54) is 32.1 Å². The molecule has 0 radical (unpaired) electrons. The molecule has 19 heavy (non-hydrogen) atoms. The van der Waals surface area contributed by atoms with Crippen molar-refractivity contribution in [1.82, 2.24) is 10.2 Å². The number of likely N-dealkylation sites (tertiary alicyclic amines) is 1. The molecule has 2 rings (SSSR count). The van der Waals surface area contributed by atoms with E-state index in [0.29, 0.717) is 5.91 Å². The predicted octanol–water partition coefficient (Wildman–Crippen LogP) is 2.95. The molecule has 1 unspecified atom stereocenters. The third kappa shape index (κ3) is 3.50. The van der Waals surface area contributed by atoms with Crippen molar-refractivity contribution >= 4 is 5.91 Å². The van der Waals surface area contributed by atoms with Crippen LogP contribution in [-0.2, 0) is 4.79 Å². The maximum Gasteiger partial charge on any atom is 0.240 e. The molecule has 3 heteroatoms. The van der Waals surface area contributed by atoms with Crippen molar-refractivity contribution in [1.29, 1.82) is 0 Å². The van der Waals surface area contributed by atoms with Gasteiger partial charge in [0.2, 0.25) is 5.91 Å². The maximum absolute atomic E-state index is 12.7. The van der Waals surface area contributed by atoms with Gasteiger partial charge in [-0.05, 0) is 58.9 Å². The first kappa shape index (κ1) is 14.8. The highest BCUT2D eigenvalue weighted by molar-refractivity contribution is 5.82. The van der Waals surface area contributed by atoms with E-state index in [0.717, 1.165) is 31.7 Å². The Hall–Kier alpha value is -0.570. The van der Waals surface area contributed by atoms with Crippen LogP contribution >= 0.6 is 0 Å². The van der Waals surface area contributed by atoms with Crippen LogP contribution in [0.4, 0.5) is 0 Å². The first-order valence-corrected chi connectivity index (χ1v) is 8.03. The Balaban J connectivity index is 2.08. The maximum atomic E-state index is 12.7. The van der Waals surface area contributed by atoms with E-state index in [-0.39, 0.29) is 11.6 Å². The molecule has 0 bridgehead atoms. The number of hydrogen-bond donors (Lipinski definition) is 1. The highest BCUT2D eigenvalue weighted by Gasteiger charge is 2.38. The van der Waals surface area contributed by atoms with Crippen LogP contribution in [0.15, 0.2) is 0 Å². The van der Waals surface area contributed by atoms with E-state index in [2.05, 4.69) is 24.1 Å². The summed E-state index contributed by atoms with van der Waals surface area (Å²) in [6, 6.07) is 0.0327. The molecule has 1 saturated carbocycles. The lowest BCUT2D eigenvalue weighted by molar-refractivity contribution is -0.138. The molecule has 1 atom stereocenters. The number of amides is 1. The summed E-state index contributed by atoms with van der Waals surface area (Å²) in [5, 5.41) is 3.21. The molecule has 0 aromatic rings. The Morgan fingerprint density at radius 1 is 1.16 bits per heavy atom. The summed E-state index contributed by atoms with van der Waals surface area (Å²) >= 11 is 0. The SMILES string of the molecule is CNC1CCCC(C)(C)N(CC2CCCCC2)C1=O. The van der Waals surface area contributed by atoms with Crippen molar-refractivity contribution in [3.05, 3.63) is 0 Å². The Labute approximate surface area is 118 Å². The fraction of sp³-hybridized carbons (Fsp3) is 0.938. The van der Waals surface area contributed by atoms with Crippen molar-refractivity contribution in [2.45, 2.75) is 76.8 Å². The van der Waals surface area contributed by atoms with Crippen molar-refractivity contribution in [2.24, 2.45) is 5.92 Å². The second-order valence-electron chi connectivity index (χ2n) is 7.00. The number of rotatable bonds is 3. The average Bonchev–Trinajstić information content (AvgIpc) is 2.50. The molecule has 2 fully saturated rings. The van der Waals surface area contributed by atoms with Crippen LogP contribution in [0, 0.1) is 5.92 Å². The van der Waals surface area contributed by atoms with Gasteiger partial charge in [-0.15, -0.1) is 0 Å². The van der Waals surface area contributed by atoms with Gasteiger partial charge in [0.05, 0.1) is 6.04 Å². The lowest BCUT2D eigenvalue weighted by Gasteiger charge is -2.41. The summed E-state index contributed by atoms with van der Waals surface area (Å²) in [6.07, 6.45) is 9.96. The molecule has 0 aromatic carbocycles. The van der Waals surface area contributed by atoms with E-state index < -0.39 is 0 Å². The summed E-state index contributed by atoms with van der Waals surface area (Å²) in [4.78, 5) is 14.9. The fourth-order valence-corrected chi connectivity index (χ4v) is 3.72. The molecule has 0 spiro atoms. The van der Waals surface area contributed by atoms with Gasteiger partial charge in [-0.3, -0.25) is 4.79 Å². The lowest BCUT2D eigenvalue weighted by atomic mass is 9.87. The minimum Gasteiger partial charge on any atom is -0.336 e. The van der Waals surface area contributed by atoms with Gasteiger partial charge in [-0.2, -0.15) is 0 Å². The van der Waals surface area contributed by atoms with Crippen LogP contribution in [0.1, 0.15) is 65.2 Å². The number of likely N-dealkylation sites (N-methyl/N-ethyl adjacent to an activating group) is 1. The van der Waals surface area contributed by atoms with Crippen LogP contribution in [0.3, 0.4) is 0 Å². The second kappa shape index (κ2) is 6.25.